The molecule has 0 radical (unpaired) electrons. The lowest BCUT2D eigenvalue weighted by atomic mass is 10.1. The maximum absolute atomic E-state index is 12.3. The summed E-state index contributed by atoms with van der Waals surface area (Å²) in [6, 6.07) is 22.6. The number of carbonyl (C=O) groups excluding carboxylic acids is 1. The Morgan fingerprint density at radius 1 is 1.00 bits per heavy atom. The Morgan fingerprint density at radius 2 is 1.73 bits per heavy atom. The number of carbonyl (C=O) groups is 1. The molecule has 0 saturated carbocycles. The zero-order chi connectivity index (χ0) is 18.2. The first kappa shape index (κ1) is 17.4. The molecule has 0 fully saturated rings. The average Bonchev–Trinajstić information content (AvgIpc) is 2.70. The first-order valence-corrected chi connectivity index (χ1v) is 8.22. The second-order valence-electron chi connectivity index (χ2n) is 5.60. The van der Waals surface area contributed by atoms with Crippen molar-refractivity contribution in [3.8, 4) is 5.75 Å². The third kappa shape index (κ3) is 4.54. The van der Waals surface area contributed by atoms with Crippen molar-refractivity contribution in [3.63, 3.8) is 0 Å². The van der Waals surface area contributed by atoms with Crippen LogP contribution in [-0.4, -0.2) is 23.7 Å². The van der Waals surface area contributed by atoms with Crippen LogP contribution in [0.3, 0.4) is 0 Å². The summed E-state index contributed by atoms with van der Waals surface area (Å²) in [7, 11) is 1.61. The van der Waals surface area contributed by atoms with E-state index in [4.69, 9.17) is 4.74 Å². The molecule has 1 aromatic heterocycles. The van der Waals surface area contributed by atoms with Crippen molar-refractivity contribution in [1.82, 2.24) is 10.4 Å². The molecule has 26 heavy (non-hydrogen) atoms. The highest BCUT2D eigenvalue weighted by atomic mass is 16.5. The van der Waals surface area contributed by atoms with Gasteiger partial charge in [0.05, 0.1) is 19.2 Å². The number of hydrazone groups is 1. The Labute approximate surface area is 152 Å². The molecule has 130 valence electrons. The van der Waals surface area contributed by atoms with Crippen molar-refractivity contribution in [3.05, 3.63) is 95.8 Å². The molecule has 3 aromatic rings. The summed E-state index contributed by atoms with van der Waals surface area (Å²) >= 11 is 0. The van der Waals surface area contributed by atoms with Gasteiger partial charge in [0.1, 0.15) is 11.5 Å². The number of methoxy groups -OCH3 is 1. The fourth-order valence-corrected chi connectivity index (χ4v) is 2.46. The van der Waals surface area contributed by atoms with Gasteiger partial charge in [-0.3, -0.25) is 9.78 Å². The summed E-state index contributed by atoms with van der Waals surface area (Å²) in [4.78, 5) is 16.6. The average molecular weight is 345 g/mol. The predicted molar refractivity (Wildman–Crippen MR) is 101 cm³/mol. The minimum absolute atomic E-state index is 0.195. The monoisotopic (exact) mass is 345 g/mol. The summed E-state index contributed by atoms with van der Waals surface area (Å²) in [5.74, 6) is 0.563. The smallest absolute Gasteiger partial charge is 0.244 e. The van der Waals surface area contributed by atoms with Crippen LogP contribution >= 0.6 is 0 Å². The third-order valence-corrected chi connectivity index (χ3v) is 3.77. The van der Waals surface area contributed by atoms with Crippen LogP contribution < -0.4 is 10.2 Å². The second-order valence-corrected chi connectivity index (χ2v) is 5.60. The normalized spacial score (nSPS) is 11.0. The number of amides is 1. The largest absolute Gasteiger partial charge is 0.497 e. The van der Waals surface area contributed by atoms with Crippen LogP contribution in [0.1, 0.15) is 16.8 Å². The third-order valence-electron chi connectivity index (χ3n) is 3.77. The first-order chi connectivity index (χ1) is 12.8. The van der Waals surface area contributed by atoms with E-state index in [2.05, 4.69) is 15.5 Å². The molecule has 0 saturated heterocycles. The number of benzene rings is 2. The quantitative estimate of drug-likeness (QED) is 0.551. The highest BCUT2D eigenvalue weighted by molar-refractivity contribution is 6.11. The number of hydrogen-bond acceptors (Lipinski definition) is 4. The first-order valence-electron chi connectivity index (χ1n) is 8.22. The van der Waals surface area contributed by atoms with Crippen molar-refractivity contribution in [2.24, 2.45) is 5.10 Å². The SMILES string of the molecule is COc1ccc(CC(=O)NN=C(c2ccccc2)c2ccccn2)cc1. The minimum atomic E-state index is -0.195. The lowest BCUT2D eigenvalue weighted by Gasteiger charge is -2.07. The van der Waals surface area contributed by atoms with Crippen molar-refractivity contribution >= 4 is 11.6 Å². The predicted octanol–water partition coefficient (Wildman–Crippen LogP) is 3.20. The number of rotatable bonds is 6. The Balaban J connectivity index is 1.76. The molecule has 3 rings (SSSR count). The molecular weight excluding hydrogens is 326 g/mol. The van der Waals surface area contributed by atoms with Gasteiger partial charge in [-0.15, -0.1) is 0 Å². The van der Waals surface area contributed by atoms with Gasteiger partial charge in [-0.1, -0.05) is 48.5 Å². The molecule has 0 atom stereocenters. The molecule has 1 N–H and O–H groups in total. The van der Waals surface area contributed by atoms with E-state index < -0.39 is 0 Å². The van der Waals surface area contributed by atoms with Gasteiger partial charge < -0.3 is 4.74 Å². The van der Waals surface area contributed by atoms with E-state index in [0.717, 1.165) is 16.9 Å². The Hall–Kier alpha value is -3.47. The van der Waals surface area contributed by atoms with E-state index in [1.165, 1.54) is 0 Å². The number of hydrogen-bond donors (Lipinski definition) is 1. The van der Waals surface area contributed by atoms with Crippen molar-refractivity contribution in [2.75, 3.05) is 7.11 Å². The maximum Gasteiger partial charge on any atom is 0.244 e. The zero-order valence-electron chi connectivity index (χ0n) is 14.4. The van der Waals surface area contributed by atoms with Crippen LogP contribution in [0, 0.1) is 0 Å². The number of pyridine rings is 1. The summed E-state index contributed by atoms with van der Waals surface area (Å²) in [6.45, 7) is 0. The molecule has 1 heterocycles. The molecule has 0 aliphatic carbocycles. The van der Waals surface area contributed by atoms with Crippen molar-refractivity contribution in [2.45, 2.75) is 6.42 Å². The van der Waals surface area contributed by atoms with E-state index in [-0.39, 0.29) is 12.3 Å². The van der Waals surface area contributed by atoms with Crippen LogP contribution in [0.15, 0.2) is 84.1 Å². The Kier molecular flexibility index (Phi) is 5.72. The molecule has 0 spiro atoms. The number of aromatic nitrogens is 1. The van der Waals surface area contributed by atoms with Crippen LogP contribution in [-0.2, 0) is 11.2 Å². The lowest BCUT2D eigenvalue weighted by molar-refractivity contribution is -0.120. The summed E-state index contributed by atoms with van der Waals surface area (Å²) in [5, 5.41) is 4.32. The summed E-state index contributed by atoms with van der Waals surface area (Å²) < 4.78 is 5.12. The molecule has 5 heteroatoms. The van der Waals surface area contributed by atoms with Gasteiger partial charge in [0.15, 0.2) is 0 Å². The molecule has 2 aromatic carbocycles. The van der Waals surface area contributed by atoms with Gasteiger partial charge >= 0.3 is 0 Å². The lowest BCUT2D eigenvalue weighted by Crippen LogP contribution is -2.22. The van der Waals surface area contributed by atoms with Gasteiger partial charge in [-0.05, 0) is 29.8 Å². The van der Waals surface area contributed by atoms with Crippen LogP contribution in [0.5, 0.6) is 5.75 Å². The number of nitrogens with one attached hydrogen (secondary N) is 1. The highest BCUT2D eigenvalue weighted by Gasteiger charge is 2.09. The standard InChI is InChI=1S/C21H19N3O2/c1-26-18-12-10-16(11-13-18)15-20(25)23-24-21(17-7-3-2-4-8-17)19-9-5-6-14-22-19/h2-14H,15H2,1H3,(H,23,25). The van der Waals surface area contributed by atoms with Crippen molar-refractivity contribution < 1.29 is 9.53 Å². The van der Waals surface area contributed by atoms with E-state index in [1.54, 1.807) is 13.3 Å². The topological polar surface area (TPSA) is 63.6 Å². The van der Waals surface area contributed by atoms with Crippen molar-refractivity contribution in [1.29, 1.82) is 0 Å². The maximum atomic E-state index is 12.3. The molecule has 0 aliphatic heterocycles. The molecule has 1 amide bonds. The molecule has 5 nitrogen and oxygen atoms in total. The molecular formula is C21H19N3O2. The zero-order valence-corrected chi connectivity index (χ0v) is 14.4. The van der Waals surface area contributed by atoms with Gasteiger partial charge in [-0.25, -0.2) is 5.43 Å². The highest BCUT2D eigenvalue weighted by Crippen LogP contribution is 2.12. The van der Waals surface area contributed by atoms with Gasteiger partial charge in [0.2, 0.25) is 5.91 Å². The fourth-order valence-electron chi connectivity index (χ4n) is 2.46. The second kappa shape index (κ2) is 8.58. The summed E-state index contributed by atoms with van der Waals surface area (Å²) in [5.41, 5.74) is 5.72. The Morgan fingerprint density at radius 3 is 2.38 bits per heavy atom. The number of ether oxygens (including phenoxy) is 1. The van der Waals surface area contributed by atoms with Crippen LogP contribution in [0.2, 0.25) is 0 Å². The van der Waals surface area contributed by atoms with Crippen LogP contribution in [0.25, 0.3) is 0 Å². The van der Waals surface area contributed by atoms with Gasteiger partial charge in [0.25, 0.3) is 0 Å². The molecule has 0 unspecified atom stereocenters. The van der Waals surface area contributed by atoms with Gasteiger partial charge in [-0.2, -0.15) is 5.10 Å². The summed E-state index contributed by atoms with van der Waals surface area (Å²) in [6.07, 6.45) is 1.94. The minimum Gasteiger partial charge on any atom is -0.497 e. The van der Waals surface area contributed by atoms with E-state index >= 15 is 0 Å². The number of nitrogens with zero attached hydrogens (tertiary/aromatic N) is 2. The van der Waals surface area contributed by atoms with E-state index in [9.17, 15) is 4.79 Å². The molecule has 0 bridgehead atoms. The van der Waals surface area contributed by atoms with E-state index in [0.29, 0.717) is 11.4 Å². The van der Waals surface area contributed by atoms with E-state index in [1.807, 2.05) is 72.8 Å². The van der Waals surface area contributed by atoms with Crippen LogP contribution in [0.4, 0.5) is 0 Å². The molecule has 0 aliphatic rings. The van der Waals surface area contributed by atoms with Gasteiger partial charge in [0, 0.05) is 11.8 Å². The fraction of sp³-hybridized carbons (Fsp3) is 0.0952. The Bertz CT molecular complexity index is 835.